The number of ether oxygens (including phenoxy) is 1. The molecule has 2 aromatic heterocycles. The fraction of sp³-hybridized carbons (Fsp3) is 0.381. The van der Waals surface area contributed by atoms with Crippen LogP contribution in [0.25, 0.3) is 21.3 Å². The van der Waals surface area contributed by atoms with E-state index < -0.39 is 5.25 Å². The van der Waals surface area contributed by atoms with Crippen molar-refractivity contribution in [2.75, 3.05) is 6.61 Å². The Hall–Kier alpha value is -2.12. The second kappa shape index (κ2) is 8.09. The first kappa shape index (κ1) is 19.2. The van der Waals surface area contributed by atoms with Crippen molar-refractivity contribution in [2.45, 2.75) is 49.9 Å². The van der Waals surface area contributed by atoms with Crippen LogP contribution in [-0.4, -0.2) is 27.8 Å². The summed E-state index contributed by atoms with van der Waals surface area (Å²) in [6.45, 7) is 3.86. The Labute approximate surface area is 171 Å². The van der Waals surface area contributed by atoms with Crippen LogP contribution >= 0.6 is 23.1 Å². The Morgan fingerprint density at radius 1 is 1.32 bits per heavy atom. The molecule has 4 rings (SSSR count). The normalized spacial score (nSPS) is 14.6. The molecule has 1 aliphatic carbocycles. The minimum Gasteiger partial charge on any atom is -0.465 e. The maximum absolute atomic E-state index is 12.8. The summed E-state index contributed by atoms with van der Waals surface area (Å²) in [5.74, 6) is -0.309. The minimum absolute atomic E-state index is 0.169. The van der Waals surface area contributed by atoms with Crippen LogP contribution in [0, 0.1) is 0 Å². The molecule has 0 radical (unpaired) electrons. The molecule has 0 saturated carbocycles. The molecule has 1 unspecified atom stereocenters. The fourth-order valence-electron chi connectivity index (χ4n) is 3.57. The van der Waals surface area contributed by atoms with Crippen LogP contribution in [0.15, 0.2) is 33.5 Å². The van der Waals surface area contributed by atoms with E-state index in [1.807, 2.05) is 5.38 Å². The number of nitrogens with one attached hydrogen (secondary N) is 1. The summed E-state index contributed by atoms with van der Waals surface area (Å²) in [5.41, 5.74) is 4.64. The Morgan fingerprint density at radius 3 is 2.89 bits per heavy atom. The van der Waals surface area contributed by atoms with Gasteiger partial charge in [0.25, 0.3) is 5.56 Å². The number of hydrogen-bond acceptors (Lipinski definition) is 6. The summed E-state index contributed by atoms with van der Waals surface area (Å²) < 4.78 is 5.02. The summed E-state index contributed by atoms with van der Waals surface area (Å²) >= 11 is 2.67. The number of carbonyl (C=O) groups excluding carboxylic acids is 1. The highest BCUT2D eigenvalue weighted by Crippen LogP contribution is 2.34. The number of benzene rings is 1. The maximum Gasteiger partial charge on any atom is 0.319 e. The predicted molar refractivity (Wildman–Crippen MR) is 114 cm³/mol. The number of fused-ring (bicyclic) bond motifs is 2. The number of H-pyrrole nitrogens is 1. The van der Waals surface area contributed by atoms with Gasteiger partial charge >= 0.3 is 5.97 Å². The van der Waals surface area contributed by atoms with Gasteiger partial charge in [-0.15, -0.1) is 11.3 Å². The van der Waals surface area contributed by atoms with Crippen LogP contribution in [0.3, 0.4) is 0 Å². The molecule has 0 spiro atoms. The molecule has 0 aliphatic heterocycles. The molecule has 7 heteroatoms. The predicted octanol–water partition coefficient (Wildman–Crippen LogP) is 4.57. The lowest BCUT2D eigenvalue weighted by Gasteiger charge is -2.16. The van der Waals surface area contributed by atoms with Gasteiger partial charge < -0.3 is 9.72 Å². The molecule has 0 bridgehead atoms. The Morgan fingerprint density at radius 2 is 2.11 bits per heavy atom. The fourth-order valence-corrected chi connectivity index (χ4v) is 5.37. The smallest absolute Gasteiger partial charge is 0.319 e. The number of thioether (sulfide) groups is 1. The summed E-state index contributed by atoms with van der Waals surface area (Å²) in [4.78, 5) is 32.7. The second-order valence-corrected chi connectivity index (χ2v) is 9.09. The van der Waals surface area contributed by atoms with Gasteiger partial charge in [-0.05, 0) is 56.2 Å². The van der Waals surface area contributed by atoms with E-state index in [0.29, 0.717) is 22.0 Å². The summed E-state index contributed by atoms with van der Waals surface area (Å²) in [6.07, 6.45) is 4.72. The van der Waals surface area contributed by atoms with E-state index in [0.717, 1.165) is 24.0 Å². The average molecular weight is 415 g/mol. The number of rotatable bonds is 5. The molecule has 5 nitrogen and oxygen atoms in total. The van der Waals surface area contributed by atoms with Gasteiger partial charge in [0.1, 0.15) is 10.1 Å². The van der Waals surface area contributed by atoms with Crippen LogP contribution in [0.2, 0.25) is 0 Å². The topological polar surface area (TPSA) is 72.0 Å². The number of esters is 1. The molecule has 3 aromatic rings. The van der Waals surface area contributed by atoms with Gasteiger partial charge in [-0.25, -0.2) is 4.98 Å². The minimum atomic E-state index is -0.430. The van der Waals surface area contributed by atoms with Gasteiger partial charge in [-0.3, -0.25) is 9.59 Å². The van der Waals surface area contributed by atoms with E-state index in [4.69, 9.17) is 4.74 Å². The van der Waals surface area contributed by atoms with E-state index >= 15 is 0 Å². The summed E-state index contributed by atoms with van der Waals surface area (Å²) in [6, 6.07) is 6.53. The molecule has 146 valence electrons. The largest absolute Gasteiger partial charge is 0.465 e. The van der Waals surface area contributed by atoms with Crippen LogP contribution < -0.4 is 5.56 Å². The molecule has 0 saturated heterocycles. The van der Waals surface area contributed by atoms with Gasteiger partial charge in [0, 0.05) is 10.9 Å². The van der Waals surface area contributed by atoms with Crippen molar-refractivity contribution in [1.29, 1.82) is 0 Å². The third kappa shape index (κ3) is 3.73. The molecule has 1 N–H and O–H groups in total. The van der Waals surface area contributed by atoms with E-state index in [2.05, 4.69) is 28.2 Å². The maximum atomic E-state index is 12.8. The molecule has 0 fully saturated rings. The van der Waals surface area contributed by atoms with E-state index in [-0.39, 0.29) is 11.5 Å². The lowest BCUT2D eigenvalue weighted by atomic mass is 9.89. The zero-order valence-corrected chi connectivity index (χ0v) is 17.5. The first-order valence-electron chi connectivity index (χ1n) is 9.53. The van der Waals surface area contributed by atoms with Gasteiger partial charge in [0.05, 0.1) is 12.0 Å². The van der Waals surface area contributed by atoms with E-state index in [9.17, 15) is 9.59 Å². The number of aryl methyl sites for hydroxylation is 2. The van der Waals surface area contributed by atoms with Crippen LogP contribution in [0.5, 0.6) is 0 Å². The molecule has 1 aliphatic rings. The van der Waals surface area contributed by atoms with Crippen LogP contribution in [0.1, 0.15) is 37.8 Å². The van der Waals surface area contributed by atoms with Gasteiger partial charge in [0.2, 0.25) is 0 Å². The molecular weight excluding hydrogens is 392 g/mol. The molecular formula is C21H22N2O3S2. The lowest BCUT2D eigenvalue weighted by molar-refractivity contribution is -0.142. The van der Waals surface area contributed by atoms with Gasteiger partial charge in [0.15, 0.2) is 5.16 Å². The number of nitrogens with zero attached hydrogens (tertiary/aromatic N) is 1. The monoisotopic (exact) mass is 414 g/mol. The Bertz CT molecular complexity index is 1090. The van der Waals surface area contributed by atoms with Crippen molar-refractivity contribution in [1.82, 2.24) is 9.97 Å². The molecule has 1 atom stereocenters. The second-order valence-electron chi connectivity index (χ2n) is 6.90. The van der Waals surface area contributed by atoms with Crippen molar-refractivity contribution < 1.29 is 9.53 Å². The standard InChI is InChI=1S/C21H22N2O3S2/c1-3-26-20(25)12(2)28-21-22-18(24)17-16(11-27-19(17)23-21)15-9-8-13-6-4-5-7-14(13)10-15/h8-12H,3-7H2,1-2H3,(H,22,23,24). The molecule has 1 aromatic carbocycles. The Balaban J connectivity index is 1.67. The van der Waals surface area contributed by atoms with Gasteiger partial charge in [-0.1, -0.05) is 30.0 Å². The SMILES string of the molecule is CCOC(=O)C(C)Sc1nc2scc(-c3ccc4c(c3)CCCC4)c2c(=O)[nH]1. The van der Waals surface area contributed by atoms with Gasteiger partial charge in [-0.2, -0.15) is 0 Å². The molecule has 0 amide bonds. The first-order valence-corrected chi connectivity index (χ1v) is 11.3. The average Bonchev–Trinajstić information content (AvgIpc) is 3.12. The first-order chi connectivity index (χ1) is 13.6. The van der Waals surface area contributed by atoms with Crippen molar-refractivity contribution >= 4 is 39.3 Å². The summed E-state index contributed by atoms with van der Waals surface area (Å²) in [5, 5.41) is 2.63. The highest BCUT2D eigenvalue weighted by Gasteiger charge is 2.19. The van der Waals surface area contributed by atoms with Crippen molar-refractivity contribution in [3.63, 3.8) is 0 Å². The number of aromatic amines is 1. The zero-order chi connectivity index (χ0) is 19.7. The van der Waals surface area contributed by atoms with Crippen molar-refractivity contribution in [3.05, 3.63) is 45.1 Å². The number of aromatic nitrogens is 2. The Kier molecular flexibility index (Phi) is 5.55. The number of hydrogen-bond donors (Lipinski definition) is 1. The van der Waals surface area contributed by atoms with E-state index in [1.54, 1.807) is 13.8 Å². The highest BCUT2D eigenvalue weighted by atomic mass is 32.2. The van der Waals surface area contributed by atoms with Crippen LogP contribution in [0.4, 0.5) is 0 Å². The third-order valence-corrected chi connectivity index (χ3v) is 6.82. The molecule has 2 heterocycles. The lowest BCUT2D eigenvalue weighted by Crippen LogP contribution is -2.18. The van der Waals surface area contributed by atoms with Crippen molar-refractivity contribution in [3.8, 4) is 11.1 Å². The summed E-state index contributed by atoms with van der Waals surface area (Å²) in [7, 11) is 0. The zero-order valence-electron chi connectivity index (χ0n) is 15.9. The third-order valence-electron chi connectivity index (χ3n) is 4.99. The van der Waals surface area contributed by atoms with Crippen LogP contribution in [-0.2, 0) is 22.4 Å². The number of carbonyl (C=O) groups is 1. The highest BCUT2D eigenvalue weighted by molar-refractivity contribution is 8.00. The van der Waals surface area contributed by atoms with E-state index in [1.165, 1.54) is 47.1 Å². The number of thiophene rings is 1. The van der Waals surface area contributed by atoms with Crippen molar-refractivity contribution in [2.24, 2.45) is 0 Å². The quantitative estimate of drug-likeness (QED) is 0.376. The molecule has 28 heavy (non-hydrogen) atoms.